The second-order valence-electron chi connectivity index (χ2n) is 3.75. The first-order valence-corrected chi connectivity index (χ1v) is 5.00. The van der Waals surface area contributed by atoms with Crippen LogP contribution in [0.5, 0.6) is 0 Å². The lowest BCUT2D eigenvalue weighted by atomic mass is 9.91. The maximum Gasteiger partial charge on any atom is 0.405 e. The van der Waals surface area contributed by atoms with Crippen molar-refractivity contribution in [2.45, 2.75) is 24.6 Å². The Hall–Kier alpha value is -0.530. The van der Waals surface area contributed by atoms with Gasteiger partial charge in [0.05, 0.1) is 0 Å². The second-order valence-corrected chi connectivity index (χ2v) is 3.75. The van der Waals surface area contributed by atoms with Crippen LogP contribution in [0.4, 0.5) is 13.2 Å². The fourth-order valence-corrected chi connectivity index (χ4v) is 1.70. The molecule has 0 aromatic rings. The highest BCUT2D eigenvalue weighted by atomic mass is 35.5. The van der Waals surface area contributed by atoms with E-state index in [2.05, 4.69) is 5.32 Å². The third kappa shape index (κ3) is 4.69. The van der Waals surface area contributed by atoms with Gasteiger partial charge in [0, 0.05) is 7.11 Å². The molecule has 2 N–H and O–H groups in total. The Morgan fingerprint density at radius 2 is 1.94 bits per heavy atom. The summed E-state index contributed by atoms with van der Waals surface area (Å²) in [5.41, 5.74) is -1.11. The largest absolute Gasteiger partial charge is 0.405 e. The van der Waals surface area contributed by atoms with Crippen molar-refractivity contribution in [2.75, 3.05) is 26.7 Å². The summed E-state index contributed by atoms with van der Waals surface area (Å²) in [6, 6.07) is 0. The average Bonchev–Trinajstić information content (AvgIpc) is 2.25. The standard InChI is InChI=1S/C9H15F3N2O2.ClH/c1-16-8(2-4-13-5-3-8)7(15)14-6-9(10,11)12;/h13H,2-6H2,1H3,(H,14,15);1H. The quantitative estimate of drug-likeness (QED) is 0.804. The predicted molar refractivity (Wildman–Crippen MR) is 58.2 cm³/mol. The molecular weight excluding hydrogens is 261 g/mol. The van der Waals surface area contributed by atoms with E-state index in [-0.39, 0.29) is 12.4 Å². The van der Waals surface area contributed by atoms with Crippen molar-refractivity contribution in [3.05, 3.63) is 0 Å². The van der Waals surface area contributed by atoms with Crippen LogP contribution in [0.3, 0.4) is 0 Å². The van der Waals surface area contributed by atoms with Gasteiger partial charge in [-0.25, -0.2) is 0 Å². The number of piperidine rings is 1. The van der Waals surface area contributed by atoms with E-state index in [1.165, 1.54) is 7.11 Å². The van der Waals surface area contributed by atoms with E-state index in [9.17, 15) is 18.0 Å². The lowest BCUT2D eigenvalue weighted by molar-refractivity contribution is -0.156. The molecule has 1 saturated heterocycles. The van der Waals surface area contributed by atoms with E-state index in [0.29, 0.717) is 25.9 Å². The van der Waals surface area contributed by atoms with Crippen molar-refractivity contribution in [1.82, 2.24) is 10.6 Å². The fourth-order valence-electron chi connectivity index (χ4n) is 1.70. The van der Waals surface area contributed by atoms with E-state index in [4.69, 9.17) is 4.74 Å². The van der Waals surface area contributed by atoms with Gasteiger partial charge in [0.25, 0.3) is 5.91 Å². The van der Waals surface area contributed by atoms with Crippen LogP contribution in [0.15, 0.2) is 0 Å². The van der Waals surface area contributed by atoms with Crippen molar-refractivity contribution in [3.8, 4) is 0 Å². The molecule has 0 saturated carbocycles. The molecule has 1 amide bonds. The van der Waals surface area contributed by atoms with Crippen molar-refractivity contribution in [1.29, 1.82) is 0 Å². The third-order valence-electron chi connectivity index (χ3n) is 2.67. The molecule has 102 valence electrons. The number of hydrogen-bond acceptors (Lipinski definition) is 3. The highest BCUT2D eigenvalue weighted by molar-refractivity contribution is 5.85. The van der Waals surface area contributed by atoms with Gasteiger partial charge < -0.3 is 15.4 Å². The summed E-state index contributed by atoms with van der Waals surface area (Å²) in [5, 5.41) is 4.89. The Kier molecular flexibility index (Phi) is 6.22. The Bertz CT molecular complexity index is 255. The highest BCUT2D eigenvalue weighted by Crippen LogP contribution is 2.23. The van der Waals surface area contributed by atoms with Crippen molar-refractivity contribution < 1.29 is 22.7 Å². The number of ether oxygens (including phenoxy) is 1. The first-order chi connectivity index (χ1) is 7.40. The molecule has 17 heavy (non-hydrogen) atoms. The summed E-state index contributed by atoms with van der Waals surface area (Å²) in [5.74, 6) is -0.686. The first-order valence-electron chi connectivity index (χ1n) is 5.00. The van der Waals surface area contributed by atoms with Gasteiger partial charge in [-0.05, 0) is 25.9 Å². The summed E-state index contributed by atoms with van der Waals surface area (Å²) in [6.07, 6.45) is -3.63. The molecule has 1 aliphatic heterocycles. The molecule has 1 heterocycles. The van der Waals surface area contributed by atoms with Crippen LogP contribution in [-0.4, -0.2) is 44.4 Å². The maximum atomic E-state index is 11.9. The highest BCUT2D eigenvalue weighted by Gasteiger charge is 2.41. The number of halogens is 4. The number of carbonyl (C=O) groups is 1. The normalized spacial score (nSPS) is 19.3. The number of alkyl halides is 3. The number of nitrogens with one attached hydrogen (secondary N) is 2. The minimum atomic E-state index is -4.39. The van der Waals surface area contributed by atoms with Crippen LogP contribution in [0.25, 0.3) is 0 Å². The molecule has 0 aromatic heterocycles. The number of hydrogen-bond donors (Lipinski definition) is 2. The molecule has 0 unspecified atom stereocenters. The van der Waals surface area contributed by atoms with Gasteiger partial charge in [-0.3, -0.25) is 4.79 Å². The number of amides is 1. The Labute approximate surface area is 104 Å². The summed E-state index contributed by atoms with van der Waals surface area (Å²) in [7, 11) is 1.35. The van der Waals surface area contributed by atoms with Gasteiger partial charge in [-0.15, -0.1) is 12.4 Å². The van der Waals surface area contributed by atoms with E-state index in [0.717, 1.165) is 0 Å². The minimum absolute atomic E-state index is 0. The molecule has 4 nitrogen and oxygen atoms in total. The zero-order chi connectivity index (χ0) is 12.2. The molecule has 0 atom stereocenters. The Balaban J connectivity index is 0.00000256. The van der Waals surface area contributed by atoms with Gasteiger partial charge in [-0.2, -0.15) is 13.2 Å². The van der Waals surface area contributed by atoms with Crippen molar-refractivity contribution in [3.63, 3.8) is 0 Å². The lowest BCUT2D eigenvalue weighted by Gasteiger charge is -2.34. The van der Waals surface area contributed by atoms with Crippen LogP contribution < -0.4 is 10.6 Å². The van der Waals surface area contributed by atoms with E-state index in [1.807, 2.05) is 5.32 Å². The van der Waals surface area contributed by atoms with Crippen molar-refractivity contribution >= 4 is 18.3 Å². The number of carbonyl (C=O) groups excluding carboxylic acids is 1. The molecular formula is C9H16ClF3N2O2. The smallest absolute Gasteiger partial charge is 0.368 e. The summed E-state index contributed by atoms with van der Waals surface area (Å²) in [6.45, 7) is -0.190. The van der Waals surface area contributed by atoms with E-state index < -0.39 is 24.2 Å². The summed E-state index contributed by atoms with van der Waals surface area (Å²) in [4.78, 5) is 11.6. The third-order valence-corrected chi connectivity index (χ3v) is 2.67. The lowest BCUT2D eigenvalue weighted by Crippen LogP contribution is -2.55. The van der Waals surface area contributed by atoms with Gasteiger partial charge >= 0.3 is 6.18 Å². The molecule has 0 aromatic carbocycles. The first kappa shape index (κ1) is 16.5. The summed E-state index contributed by atoms with van der Waals surface area (Å²) >= 11 is 0. The SMILES string of the molecule is COC1(C(=O)NCC(F)(F)F)CCNCC1.Cl. The molecule has 1 aliphatic rings. The van der Waals surface area contributed by atoms with Crippen molar-refractivity contribution in [2.24, 2.45) is 0 Å². The van der Waals surface area contributed by atoms with Gasteiger partial charge in [-0.1, -0.05) is 0 Å². The number of methoxy groups -OCH3 is 1. The zero-order valence-corrected chi connectivity index (χ0v) is 10.2. The summed E-state index contributed by atoms with van der Waals surface area (Å²) < 4.78 is 40.9. The fraction of sp³-hybridized carbons (Fsp3) is 0.889. The monoisotopic (exact) mass is 276 g/mol. The molecule has 1 fully saturated rings. The Morgan fingerprint density at radius 1 is 1.41 bits per heavy atom. The molecule has 0 bridgehead atoms. The average molecular weight is 277 g/mol. The van der Waals surface area contributed by atoms with Crippen LogP contribution >= 0.6 is 12.4 Å². The zero-order valence-electron chi connectivity index (χ0n) is 9.39. The topological polar surface area (TPSA) is 50.4 Å². The van der Waals surface area contributed by atoms with Crippen LogP contribution in [-0.2, 0) is 9.53 Å². The van der Waals surface area contributed by atoms with Gasteiger partial charge in [0.15, 0.2) is 0 Å². The molecule has 0 spiro atoms. The molecule has 1 rings (SSSR count). The number of rotatable bonds is 3. The predicted octanol–water partition coefficient (Wildman–Crippen LogP) is 0.855. The van der Waals surface area contributed by atoms with Crippen LogP contribution in [0.1, 0.15) is 12.8 Å². The van der Waals surface area contributed by atoms with E-state index in [1.54, 1.807) is 0 Å². The van der Waals surface area contributed by atoms with Gasteiger partial charge in [0.2, 0.25) is 0 Å². The maximum absolute atomic E-state index is 11.9. The van der Waals surface area contributed by atoms with Crippen LogP contribution in [0.2, 0.25) is 0 Å². The van der Waals surface area contributed by atoms with E-state index >= 15 is 0 Å². The molecule has 8 heteroatoms. The van der Waals surface area contributed by atoms with Crippen LogP contribution in [0, 0.1) is 0 Å². The molecule has 0 aliphatic carbocycles. The van der Waals surface area contributed by atoms with Gasteiger partial charge in [0.1, 0.15) is 12.1 Å². The Morgan fingerprint density at radius 3 is 2.35 bits per heavy atom. The second kappa shape index (κ2) is 6.42. The molecule has 0 radical (unpaired) electrons. The minimum Gasteiger partial charge on any atom is -0.368 e.